The summed E-state index contributed by atoms with van der Waals surface area (Å²) in [7, 11) is 0. The van der Waals surface area contributed by atoms with Gasteiger partial charge in [0.1, 0.15) is 0 Å². The van der Waals surface area contributed by atoms with E-state index in [0.29, 0.717) is 5.92 Å². The lowest BCUT2D eigenvalue weighted by molar-refractivity contribution is 0.937. The zero-order valence-electron chi connectivity index (χ0n) is 18.6. The molecule has 0 amide bonds. The molecule has 0 bridgehead atoms. The van der Waals surface area contributed by atoms with Crippen LogP contribution in [-0.4, -0.2) is 10.3 Å². The van der Waals surface area contributed by atoms with Crippen LogP contribution in [0.3, 0.4) is 0 Å². The highest BCUT2D eigenvalue weighted by molar-refractivity contribution is 7.99. The molecular formula is C30H27NS. The van der Waals surface area contributed by atoms with Gasteiger partial charge in [-0.1, -0.05) is 74.5 Å². The number of rotatable bonds is 6. The highest BCUT2D eigenvalue weighted by Gasteiger charge is 2.13. The summed E-state index contributed by atoms with van der Waals surface area (Å²) in [5.74, 6) is 1.39. The van der Waals surface area contributed by atoms with Crippen molar-refractivity contribution in [2.75, 3.05) is 5.75 Å². The molecule has 1 heterocycles. The maximum absolute atomic E-state index is 4.03. The maximum Gasteiger partial charge on any atom is 0.0541 e. The van der Waals surface area contributed by atoms with E-state index in [4.69, 9.17) is 0 Å². The minimum atomic E-state index is 0.324. The number of benzene rings is 4. The Hall–Kier alpha value is -3.23. The van der Waals surface area contributed by atoms with E-state index < -0.39 is 0 Å². The highest BCUT2D eigenvalue weighted by atomic mass is 32.2. The molecule has 4 aromatic carbocycles. The Bertz CT molecular complexity index is 1370. The van der Waals surface area contributed by atoms with Gasteiger partial charge in [-0.25, -0.2) is 0 Å². The number of fused-ring (bicyclic) bond motifs is 3. The zero-order chi connectivity index (χ0) is 22.1. The molecule has 5 rings (SSSR count). The third-order valence-corrected chi connectivity index (χ3v) is 7.14. The van der Waals surface area contributed by atoms with Gasteiger partial charge < -0.3 is 4.57 Å². The van der Waals surface area contributed by atoms with Gasteiger partial charge in [0.25, 0.3) is 0 Å². The number of nitrogens with zero attached hydrogens (tertiary/aromatic N) is 1. The summed E-state index contributed by atoms with van der Waals surface area (Å²) < 4.78 is 2.38. The smallest absolute Gasteiger partial charge is 0.0541 e. The normalized spacial score (nSPS) is 12.3. The van der Waals surface area contributed by atoms with Crippen LogP contribution in [0.1, 0.15) is 25.3 Å². The Morgan fingerprint density at radius 3 is 2.12 bits per heavy atom. The van der Waals surface area contributed by atoms with E-state index >= 15 is 0 Å². The summed E-state index contributed by atoms with van der Waals surface area (Å²) in [5.41, 5.74) is 7.49. The molecule has 0 N–H and O–H groups in total. The van der Waals surface area contributed by atoms with Crippen molar-refractivity contribution in [1.82, 2.24) is 4.57 Å². The van der Waals surface area contributed by atoms with Crippen LogP contribution >= 0.6 is 11.8 Å². The second kappa shape index (κ2) is 8.72. The predicted octanol–water partition coefficient (Wildman–Crippen LogP) is 8.85. The van der Waals surface area contributed by atoms with E-state index in [0.717, 1.165) is 5.75 Å². The van der Waals surface area contributed by atoms with Crippen LogP contribution in [0.15, 0.2) is 109 Å². The molecule has 5 aromatic rings. The van der Waals surface area contributed by atoms with Crippen LogP contribution < -0.4 is 0 Å². The Morgan fingerprint density at radius 2 is 1.47 bits per heavy atom. The summed E-state index contributed by atoms with van der Waals surface area (Å²) in [6.07, 6.45) is 2.04. The Kier molecular flexibility index (Phi) is 5.63. The average Bonchev–Trinajstić information content (AvgIpc) is 3.18. The third-order valence-electron chi connectivity index (χ3n) is 6.17. The number of hydrogen-bond acceptors (Lipinski definition) is 1. The van der Waals surface area contributed by atoms with Crippen molar-refractivity contribution in [1.29, 1.82) is 0 Å². The Morgan fingerprint density at radius 1 is 0.812 bits per heavy atom. The second-order valence-electron chi connectivity index (χ2n) is 8.13. The molecule has 0 fully saturated rings. The van der Waals surface area contributed by atoms with Crippen molar-refractivity contribution in [2.45, 2.75) is 24.7 Å². The van der Waals surface area contributed by atoms with Gasteiger partial charge in [0, 0.05) is 21.4 Å². The average molecular weight is 434 g/mol. The first-order valence-corrected chi connectivity index (χ1v) is 12.2. The monoisotopic (exact) mass is 433 g/mol. The number of hydrogen-bond donors (Lipinski definition) is 0. The molecular weight excluding hydrogens is 406 g/mol. The molecule has 1 atom stereocenters. The van der Waals surface area contributed by atoms with Gasteiger partial charge >= 0.3 is 0 Å². The van der Waals surface area contributed by atoms with Gasteiger partial charge in [-0.15, -0.1) is 18.3 Å². The van der Waals surface area contributed by atoms with Crippen LogP contribution in [0, 0.1) is 0 Å². The van der Waals surface area contributed by atoms with E-state index in [-0.39, 0.29) is 0 Å². The van der Waals surface area contributed by atoms with Crippen molar-refractivity contribution < 1.29 is 0 Å². The van der Waals surface area contributed by atoms with E-state index in [2.05, 4.69) is 116 Å². The minimum Gasteiger partial charge on any atom is -0.309 e. The molecule has 0 spiro atoms. The van der Waals surface area contributed by atoms with Crippen molar-refractivity contribution in [2.24, 2.45) is 0 Å². The largest absolute Gasteiger partial charge is 0.309 e. The maximum atomic E-state index is 4.03. The molecule has 158 valence electrons. The topological polar surface area (TPSA) is 4.93 Å². The standard InChI is InChI=1S/C30H27NS/c1-4-21(3)27-20-23(17-18-30(27)32-5-2)22-11-10-12-24(19-22)31-28-15-8-6-13-25(28)26-14-7-9-16-29(26)31/h4,6-21H,1,5H2,2-3H3. The quantitative estimate of drug-likeness (QED) is 0.191. The molecule has 2 heteroatoms. The van der Waals surface area contributed by atoms with Crippen LogP contribution in [0.25, 0.3) is 38.6 Å². The van der Waals surface area contributed by atoms with E-state index in [1.54, 1.807) is 0 Å². The van der Waals surface area contributed by atoms with E-state index in [1.165, 1.54) is 49.1 Å². The van der Waals surface area contributed by atoms with Crippen LogP contribution in [0.2, 0.25) is 0 Å². The van der Waals surface area contributed by atoms with E-state index in [9.17, 15) is 0 Å². The number of para-hydroxylation sites is 2. The van der Waals surface area contributed by atoms with Gasteiger partial charge in [-0.05, 0) is 64.8 Å². The first-order chi connectivity index (χ1) is 15.7. The fraction of sp³-hybridized carbons (Fsp3) is 0.133. The number of allylic oxidation sites excluding steroid dienone is 1. The summed E-state index contributed by atoms with van der Waals surface area (Å²) in [6, 6.07) is 33.1. The third kappa shape index (κ3) is 3.55. The summed E-state index contributed by atoms with van der Waals surface area (Å²) in [6.45, 7) is 8.46. The SMILES string of the molecule is C=CC(C)c1cc(-c2cccc(-n3c4ccccc4c4ccccc43)c2)ccc1SCC. The summed E-state index contributed by atoms with van der Waals surface area (Å²) in [5, 5.41) is 2.58. The molecule has 0 saturated carbocycles. The van der Waals surface area contributed by atoms with Crippen molar-refractivity contribution in [3.63, 3.8) is 0 Å². The highest BCUT2D eigenvalue weighted by Crippen LogP contribution is 2.36. The minimum absolute atomic E-state index is 0.324. The van der Waals surface area contributed by atoms with Gasteiger partial charge in [0.2, 0.25) is 0 Å². The second-order valence-corrected chi connectivity index (χ2v) is 9.44. The summed E-state index contributed by atoms with van der Waals surface area (Å²) >= 11 is 1.90. The number of thioether (sulfide) groups is 1. The molecule has 0 aliphatic rings. The fourth-order valence-electron chi connectivity index (χ4n) is 4.52. The number of aromatic nitrogens is 1. The van der Waals surface area contributed by atoms with Crippen molar-refractivity contribution in [3.05, 3.63) is 109 Å². The fourth-order valence-corrected chi connectivity index (χ4v) is 5.41. The van der Waals surface area contributed by atoms with Crippen molar-refractivity contribution in [3.8, 4) is 16.8 Å². The van der Waals surface area contributed by atoms with Crippen LogP contribution in [-0.2, 0) is 0 Å². The van der Waals surface area contributed by atoms with Crippen LogP contribution in [0.4, 0.5) is 0 Å². The molecule has 32 heavy (non-hydrogen) atoms. The lowest BCUT2D eigenvalue weighted by Crippen LogP contribution is -1.96. The first kappa shape index (κ1) is 20.7. The van der Waals surface area contributed by atoms with Gasteiger partial charge in [-0.2, -0.15) is 0 Å². The zero-order valence-corrected chi connectivity index (χ0v) is 19.4. The van der Waals surface area contributed by atoms with Gasteiger partial charge in [-0.3, -0.25) is 0 Å². The lowest BCUT2D eigenvalue weighted by Gasteiger charge is -2.15. The van der Waals surface area contributed by atoms with Crippen LogP contribution in [0.5, 0.6) is 0 Å². The van der Waals surface area contributed by atoms with Crippen molar-refractivity contribution >= 4 is 33.6 Å². The molecule has 1 aromatic heterocycles. The summed E-state index contributed by atoms with van der Waals surface area (Å²) in [4.78, 5) is 1.35. The molecule has 0 saturated heterocycles. The first-order valence-electron chi connectivity index (χ1n) is 11.2. The predicted molar refractivity (Wildman–Crippen MR) is 141 cm³/mol. The molecule has 0 aliphatic heterocycles. The van der Waals surface area contributed by atoms with Gasteiger partial charge in [0.15, 0.2) is 0 Å². The Labute approximate surface area is 194 Å². The molecule has 0 aliphatic carbocycles. The molecule has 1 nitrogen and oxygen atoms in total. The lowest BCUT2D eigenvalue weighted by atomic mass is 9.96. The Balaban J connectivity index is 1.68. The van der Waals surface area contributed by atoms with E-state index in [1.807, 2.05) is 17.8 Å². The molecule has 0 radical (unpaired) electrons. The van der Waals surface area contributed by atoms with Gasteiger partial charge in [0.05, 0.1) is 11.0 Å². The molecule has 1 unspecified atom stereocenters.